The van der Waals surface area contributed by atoms with Crippen LogP contribution in [0.2, 0.25) is 0 Å². The van der Waals surface area contributed by atoms with Crippen molar-refractivity contribution in [2.24, 2.45) is 10.2 Å². The van der Waals surface area contributed by atoms with Crippen LogP contribution in [0.1, 0.15) is 11.1 Å². The van der Waals surface area contributed by atoms with Gasteiger partial charge in [0.1, 0.15) is 0 Å². The zero-order valence-electron chi connectivity index (χ0n) is 7.70. The fourth-order valence-electron chi connectivity index (χ4n) is 1.02. The number of hydrogen-bond acceptors (Lipinski definition) is 2. The normalized spacial score (nSPS) is 10.2. The third-order valence-corrected chi connectivity index (χ3v) is 1.65. The summed E-state index contributed by atoms with van der Waals surface area (Å²) in [6.45, 7) is 9.18. The molecule has 66 valence electrons. The van der Waals surface area contributed by atoms with E-state index in [4.69, 9.17) is 0 Å². The largest absolute Gasteiger partial charge is 0.159 e. The minimum absolute atomic E-state index is 0.829. The van der Waals surface area contributed by atoms with Crippen molar-refractivity contribution in [3.05, 3.63) is 48.7 Å². The second-order valence-electron chi connectivity index (χ2n) is 2.66. The van der Waals surface area contributed by atoms with E-state index in [0.717, 1.165) is 16.8 Å². The average Bonchev–Trinajstić information content (AvgIpc) is 2.15. The van der Waals surface area contributed by atoms with Crippen LogP contribution in [-0.2, 0) is 0 Å². The van der Waals surface area contributed by atoms with Gasteiger partial charge in [-0.3, -0.25) is 0 Å². The molecule has 0 N–H and O–H groups in total. The van der Waals surface area contributed by atoms with Gasteiger partial charge in [0.15, 0.2) is 0 Å². The number of rotatable bonds is 3. The predicted molar refractivity (Wildman–Crippen MR) is 56.0 cm³/mol. The van der Waals surface area contributed by atoms with Gasteiger partial charge in [-0.25, -0.2) is 0 Å². The molecule has 2 heteroatoms. The molecule has 0 bridgehead atoms. The maximum Gasteiger partial charge on any atom is 0.0931 e. The van der Waals surface area contributed by atoms with Crippen molar-refractivity contribution in [1.29, 1.82) is 0 Å². The Hall–Kier alpha value is -1.70. The highest BCUT2D eigenvalue weighted by Crippen LogP contribution is 2.22. The van der Waals surface area contributed by atoms with E-state index in [1.54, 1.807) is 6.08 Å². The monoisotopic (exact) mass is 172 g/mol. The van der Waals surface area contributed by atoms with Crippen LogP contribution in [0.15, 0.2) is 47.8 Å². The maximum atomic E-state index is 3.99. The predicted octanol–water partition coefficient (Wildman–Crippen LogP) is 3.87. The Morgan fingerprint density at radius 2 is 2.08 bits per heavy atom. The van der Waals surface area contributed by atoms with Gasteiger partial charge in [-0.15, -0.1) is 0 Å². The summed E-state index contributed by atoms with van der Waals surface area (Å²) in [6, 6.07) is 5.95. The van der Waals surface area contributed by atoms with Gasteiger partial charge in [0.2, 0.25) is 0 Å². The summed E-state index contributed by atoms with van der Waals surface area (Å²) in [5.74, 6) is 0. The molecule has 0 heterocycles. The summed E-state index contributed by atoms with van der Waals surface area (Å²) in [5.41, 5.74) is 2.97. The van der Waals surface area contributed by atoms with Crippen LogP contribution >= 0.6 is 0 Å². The molecule has 0 saturated heterocycles. The summed E-state index contributed by atoms with van der Waals surface area (Å²) in [7, 11) is 0. The summed E-state index contributed by atoms with van der Waals surface area (Å²) >= 11 is 0. The Bertz CT molecular complexity index is 351. The van der Waals surface area contributed by atoms with Gasteiger partial charge in [-0.05, 0) is 18.6 Å². The molecule has 0 saturated carbocycles. The van der Waals surface area contributed by atoms with Crippen molar-refractivity contribution >= 4 is 11.8 Å². The van der Waals surface area contributed by atoms with Crippen molar-refractivity contribution in [2.45, 2.75) is 6.92 Å². The first-order valence-electron chi connectivity index (χ1n) is 4.03. The van der Waals surface area contributed by atoms with Gasteiger partial charge in [0.25, 0.3) is 0 Å². The minimum atomic E-state index is 0.829. The molecule has 13 heavy (non-hydrogen) atoms. The SMILES string of the molecule is C=CN=Nc1cc(C)ccc1C=C. The summed E-state index contributed by atoms with van der Waals surface area (Å²) in [6.07, 6.45) is 3.17. The van der Waals surface area contributed by atoms with E-state index < -0.39 is 0 Å². The number of aryl methyl sites for hydroxylation is 1. The maximum absolute atomic E-state index is 3.99. The van der Waals surface area contributed by atoms with Crippen LogP contribution < -0.4 is 0 Å². The van der Waals surface area contributed by atoms with Crippen molar-refractivity contribution < 1.29 is 0 Å². The van der Waals surface area contributed by atoms with Crippen LogP contribution in [-0.4, -0.2) is 0 Å². The van der Waals surface area contributed by atoms with Crippen molar-refractivity contribution in [1.82, 2.24) is 0 Å². The van der Waals surface area contributed by atoms with Crippen molar-refractivity contribution in [2.75, 3.05) is 0 Å². The molecule has 0 atom stereocenters. The molecule has 1 aromatic carbocycles. The smallest absolute Gasteiger partial charge is 0.0931 e. The lowest BCUT2D eigenvalue weighted by atomic mass is 10.1. The van der Waals surface area contributed by atoms with Gasteiger partial charge in [-0.1, -0.05) is 31.4 Å². The van der Waals surface area contributed by atoms with E-state index in [9.17, 15) is 0 Å². The number of nitrogens with zero attached hydrogens (tertiary/aromatic N) is 2. The molecule has 0 aliphatic carbocycles. The highest BCUT2D eigenvalue weighted by Gasteiger charge is 1.96. The number of benzene rings is 1. The molecule has 0 unspecified atom stereocenters. The first-order valence-corrected chi connectivity index (χ1v) is 4.03. The van der Waals surface area contributed by atoms with Crippen LogP contribution in [0.3, 0.4) is 0 Å². The third-order valence-electron chi connectivity index (χ3n) is 1.65. The van der Waals surface area contributed by atoms with Gasteiger partial charge >= 0.3 is 0 Å². The molecule has 0 amide bonds. The van der Waals surface area contributed by atoms with E-state index in [2.05, 4.69) is 23.4 Å². The Morgan fingerprint density at radius 1 is 1.31 bits per heavy atom. The Labute approximate surface area is 78.3 Å². The van der Waals surface area contributed by atoms with E-state index in [1.165, 1.54) is 6.20 Å². The van der Waals surface area contributed by atoms with Crippen LogP contribution in [0, 0.1) is 6.92 Å². The Kier molecular flexibility index (Phi) is 3.15. The lowest BCUT2D eigenvalue weighted by Crippen LogP contribution is -1.76. The number of azo groups is 1. The van der Waals surface area contributed by atoms with Crippen LogP contribution in [0.5, 0.6) is 0 Å². The van der Waals surface area contributed by atoms with Gasteiger partial charge < -0.3 is 0 Å². The third kappa shape index (κ3) is 2.37. The molecular weight excluding hydrogens is 160 g/mol. The summed E-state index contributed by atoms with van der Waals surface area (Å²) in [4.78, 5) is 0. The molecule has 0 radical (unpaired) electrons. The summed E-state index contributed by atoms with van der Waals surface area (Å²) < 4.78 is 0. The van der Waals surface area contributed by atoms with E-state index in [0.29, 0.717) is 0 Å². The topological polar surface area (TPSA) is 24.7 Å². The lowest BCUT2D eigenvalue weighted by Gasteiger charge is -1.99. The van der Waals surface area contributed by atoms with E-state index >= 15 is 0 Å². The number of hydrogen-bond donors (Lipinski definition) is 0. The van der Waals surface area contributed by atoms with Gasteiger partial charge in [0, 0.05) is 11.8 Å². The zero-order chi connectivity index (χ0) is 9.68. The van der Waals surface area contributed by atoms with Crippen LogP contribution in [0.4, 0.5) is 5.69 Å². The van der Waals surface area contributed by atoms with E-state index in [-0.39, 0.29) is 0 Å². The van der Waals surface area contributed by atoms with Gasteiger partial charge in [-0.2, -0.15) is 10.2 Å². The molecule has 0 aliphatic heterocycles. The highest BCUT2D eigenvalue weighted by molar-refractivity contribution is 5.63. The molecule has 0 spiro atoms. The minimum Gasteiger partial charge on any atom is -0.159 e. The second kappa shape index (κ2) is 4.36. The molecule has 0 aliphatic rings. The van der Waals surface area contributed by atoms with Crippen molar-refractivity contribution in [3.8, 4) is 0 Å². The molecule has 0 aromatic heterocycles. The average molecular weight is 172 g/mol. The molecule has 0 fully saturated rings. The standard InChI is InChI=1S/C11H12N2/c1-4-10-7-6-9(3)8-11(10)13-12-5-2/h4-8H,1-2H2,3H3. The Balaban J connectivity index is 3.14. The van der Waals surface area contributed by atoms with E-state index in [1.807, 2.05) is 25.1 Å². The molecule has 1 rings (SSSR count). The first kappa shape index (κ1) is 9.39. The second-order valence-corrected chi connectivity index (χ2v) is 2.66. The molecular formula is C11H12N2. The van der Waals surface area contributed by atoms with Crippen LogP contribution in [0.25, 0.3) is 6.08 Å². The molecule has 1 aromatic rings. The van der Waals surface area contributed by atoms with Crippen molar-refractivity contribution in [3.63, 3.8) is 0 Å². The highest BCUT2D eigenvalue weighted by atomic mass is 15.1. The summed E-state index contributed by atoms with van der Waals surface area (Å²) in [5, 5.41) is 7.72. The first-order chi connectivity index (χ1) is 6.27. The quantitative estimate of drug-likeness (QED) is 0.618. The zero-order valence-corrected chi connectivity index (χ0v) is 7.70. The van der Waals surface area contributed by atoms with Gasteiger partial charge in [0.05, 0.1) is 5.69 Å². The molecule has 2 nitrogen and oxygen atoms in total. The Morgan fingerprint density at radius 3 is 2.69 bits per heavy atom. The fraction of sp³-hybridized carbons (Fsp3) is 0.0909. The lowest BCUT2D eigenvalue weighted by molar-refractivity contribution is 1.22. The fourth-order valence-corrected chi connectivity index (χ4v) is 1.02.